The van der Waals surface area contributed by atoms with E-state index < -0.39 is 17.5 Å². The van der Waals surface area contributed by atoms with Crippen molar-refractivity contribution in [3.05, 3.63) is 0 Å². The van der Waals surface area contributed by atoms with Crippen molar-refractivity contribution in [1.29, 1.82) is 0 Å². The first-order valence-corrected chi connectivity index (χ1v) is 9.25. The molecule has 26 heavy (non-hydrogen) atoms. The number of rotatable bonds is 4. The van der Waals surface area contributed by atoms with Crippen LogP contribution in [-0.2, 0) is 14.4 Å². The summed E-state index contributed by atoms with van der Waals surface area (Å²) in [5.41, 5.74) is 1.57. The average molecular weight is 365 g/mol. The minimum absolute atomic E-state index is 0.0195. The van der Waals surface area contributed by atoms with Gasteiger partial charge in [-0.05, 0) is 32.2 Å². The molecule has 2 saturated heterocycles. The molecule has 3 fully saturated rings. The molecule has 1 saturated carbocycles. The van der Waals surface area contributed by atoms with E-state index in [2.05, 4.69) is 10.7 Å². The van der Waals surface area contributed by atoms with Gasteiger partial charge < -0.3 is 10.2 Å². The number of hydrogen-bond acceptors (Lipinski definition) is 5. The monoisotopic (exact) mass is 365 g/mol. The highest BCUT2D eigenvalue weighted by atomic mass is 16.2. The van der Waals surface area contributed by atoms with E-state index in [-0.39, 0.29) is 24.4 Å². The van der Waals surface area contributed by atoms with Gasteiger partial charge in [-0.1, -0.05) is 19.3 Å². The highest BCUT2D eigenvalue weighted by Crippen LogP contribution is 2.33. The Morgan fingerprint density at radius 3 is 2.54 bits per heavy atom. The predicted octanol–water partition coefficient (Wildman–Crippen LogP) is -0.175. The van der Waals surface area contributed by atoms with Crippen molar-refractivity contribution in [1.82, 2.24) is 25.6 Å². The summed E-state index contributed by atoms with van der Waals surface area (Å²) in [4.78, 5) is 52.8. The molecule has 0 unspecified atom stereocenters. The molecule has 0 aromatic heterocycles. The van der Waals surface area contributed by atoms with Crippen molar-refractivity contribution < 1.29 is 19.2 Å². The standard InChI is InChI=1S/C17H27N5O4/c1-20(2)14(24)12-7-6-10-21(12)11-13(23)19-22-15(25)17(18-16(22)26)8-4-3-5-9-17/h12H,3-11H2,1-2H3,(H,18,26)(H,19,23)/t12-/m0/s1. The molecule has 144 valence electrons. The lowest BCUT2D eigenvalue weighted by Gasteiger charge is -2.30. The molecule has 0 aromatic rings. The number of hydrazine groups is 1. The Morgan fingerprint density at radius 1 is 1.19 bits per heavy atom. The molecule has 0 aromatic carbocycles. The van der Waals surface area contributed by atoms with E-state index in [9.17, 15) is 19.2 Å². The number of nitrogens with one attached hydrogen (secondary N) is 2. The minimum Gasteiger partial charge on any atom is -0.347 e. The Kier molecular flexibility index (Phi) is 5.17. The predicted molar refractivity (Wildman–Crippen MR) is 92.6 cm³/mol. The van der Waals surface area contributed by atoms with E-state index in [1.54, 1.807) is 19.0 Å². The van der Waals surface area contributed by atoms with Crippen molar-refractivity contribution in [2.45, 2.75) is 56.5 Å². The summed E-state index contributed by atoms with van der Waals surface area (Å²) in [6.07, 6.45) is 5.57. The van der Waals surface area contributed by atoms with E-state index in [0.717, 1.165) is 30.7 Å². The number of carbonyl (C=O) groups excluding carboxylic acids is 4. The second-order valence-corrected chi connectivity index (χ2v) is 7.61. The van der Waals surface area contributed by atoms with Crippen LogP contribution in [0.3, 0.4) is 0 Å². The SMILES string of the molecule is CN(C)C(=O)[C@@H]1CCCN1CC(=O)NN1C(=O)NC2(CCCCC2)C1=O. The van der Waals surface area contributed by atoms with Gasteiger partial charge in [-0.15, -0.1) is 0 Å². The summed E-state index contributed by atoms with van der Waals surface area (Å²) in [5, 5.41) is 3.57. The maximum Gasteiger partial charge on any atom is 0.344 e. The molecule has 1 aliphatic carbocycles. The third kappa shape index (κ3) is 3.40. The minimum atomic E-state index is -0.861. The molecule has 3 rings (SSSR count). The van der Waals surface area contributed by atoms with Gasteiger partial charge in [0, 0.05) is 14.1 Å². The first kappa shape index (κ1) is 18.6. The van der Waals surface area contributed by atoms with Crippen molar-refractivity contribution >= 4 is 23.8 Å². The van der Waals surface area contributed by atoms with Gasteiger partial charge in [-0.2, -0.15) is 5.01 Å². The van der Waals surface area contributed by atoms with E-state index in [0.29, 0.717) is 25.8 Å². The summed E-state index contributed by atoms with van der Waals surface area (Å²) >= 11 is 0. The normalized spacial score (nSPS) is 25.5. The maximum absolute atomic E-state index is 12.7. The Morgan fingerprint density at radius 2 is 1.88 bits per heavy atom. The van der Waals surface area contributed by atoms with E-state index in [1.807, 2.05) is 0 Å². The van der Waals surface area contributed by atoms with Gasteiger partial charge in [0.2, 0.25) is 5.91 Å². The van der Waals surface area contributed by atoms with Crippen LogP contribution in [0.4, 0.5) is 4.79 Å². The van der Waals surface area contributed by atoms with E-state index in [1.165, 1.54) is 4.90 Å². The molecule has 9 heteroatoms. The summed E-state index contributed by atoms with van der Waals surface area (Å²) in [7, 11) is 3.38. The molecule has 5 amide bonds. The van der Waals surface area contributed by atoms with Crippen LogP contribution in [0.25, 0.3) is 0 Å². The number of nitrogens with zero attached hydrogens (tertiary/aromatic N) is 3. The summed E-state index contributed by atoms with van der Waals surface area (Å²) in [6.45, 7) is 0.621. The van der Waals surface area contributed by atoms with Gasteiger partial charge in [0.1, 0.15) is 5.54 Å². The fraction of sp³-hybridized carbons (Fsp3) is 0.765. The van der Waals surface area contributed by atoms with Crippen LogP contribution in [-0.4, -0.2) is 77.3 Å². The smallest absolute Gasteiger partial charge is 0.344 e. The number of carbonyl (C=O) groups is 4. The van der Waals surface area contributed by atoms with Crippen LogP contribution in [0.15, 0.2) is 0 Å². The number of likely N-dealkylation sites (N-methyl/N-ethyl adjacent to an activating group) is 1. The number of likely N-dealkylation sites (tertiary alicyclic amines) is 1. The fourth-order valence-electron chi connectivity index (χ4n) is 4.15. The van der Waals surface area contributed by atoms with E-state index in [4.69, 9.17) is 0 Å². The highest BCUT2D eigenvalue weighted by Gasteiger charge is 2.52. The van der Waals surface area contributed by atoms with Gasteiger partial charge in [-0.25, -0.2) is 4.79 Å². The number of hydrogen-bond donors (Lipinski definition) is 2. The summed E-state index contributed by atoms with van der Waals surface area (Å²) in [5.74, 6) is -0.871. The van der Waals surface area contributed by atoms with Crippen molar-refractivity contribution in [2.75, 3.05) is 27.2 Å². The summed E-state index contributed by atoms with van der Waals surface area (Å²) < 4.78 is 0. The lowest BCUT2D eigenvalue weighted by molar-refractivity contribution is -0.141. The Bertz CT molecular complexity index is 614. The molecule has 1 spiro atoms. The van der Waals surface area contributed by atoms with Crippen LogP contribution >= 0.6 is 0 Å². The second-order valence-electron chi connectivity index (χ2n) is 7.61. The molecule has 2 heterocycles. The molecular weight excluding hydrogens is 338 g/mol. The lowest BCUT2D eigenvalue weighted by atomic mass is 9.82. The first-order valence-electron chi connectivity index (χ1n) is 9.25. The molecule has 1 atom stereocenters. The average Bonchev–Trinajstić information content (AvgIpc) is 3.14. The van der Waals surface area contributed by atoms with Gasteiger partial charge in [-0.3, -0.25) is 24.7 Å². The highest BCUT2D eigenvalue weighted by molar-refractivity contribution is 6.08. The molecule has 9 nitrogen and oxygen atoms in total. The quantitative estimate of drug-likeness (QED) is 0.673. The summed E-state index contributed by atoms with van der Waals surface area (Å²) in [6, 6.07) is -0.906. The zero-order valence-electron chi connectivity index (χ0n) is 15.4. The topological polar surface area (TPSA) is 102 Å². The van der Waals surface area contributed by atoms with Gasteiger partial charge >= 0.3 is 6.03 Å². The third-order valence-electron chi connectivity index (χ3n) is 5.54. The first-order chi connectivity index (χ1) is 12.3. The van der Waals surface area contributed by atoms with E-state index >= 15 is 0 Å². The Labute approximate surface area is 153 Å². The molecule has 0 radical (unpaired) electrons. The van der Waals surface area contributed by atoms with Crippen molar-refractivity contribution in [2.24, 2.45) is 0 Å². The zero-order chi connectivity index (χ0) is 18.9. The van der Waals surface area contributed by atoms with Crippen LogP contribution in [0, 0.1) is 0 Å². The van der Waals surface area contributed by atoms with Crippen molar-refractivity contribution in [3.8, 4) is 0 Å². The van der Waals surface area contributed by atoms with Gasteiger partial charge in [0.25, 0.3) is 11.8 Å². The van der Waals surface area contributed by atoms with Gasteiger partial charge in [0.15, 0.2) is 0 Å². The largest absolute Gasteiger partial charge is 0.347 e. The van der Waals surface area contributed by atoms with Crippen LogP contribution in [0.5, 0.6) is 0 Å². The fourth-order valence-corrected chi connectivity index (χ4v) is 4.15. The molecular formula is C17H27N5O4. The number of imide groups is 1. The Hall–Kier alpha value is -2.16. The number of urea groups is 1. The lowest BCUT2D eigenvalue weighted by Crippen LogP contribution is -2.53. The molecule has 2 N–H and O–H groups in total. The third-order valence-corrected chi connectivity index (χ3v) is 5.54. The molecule has 3 aliphatic rings. The van der Waals surface area contributed by atoms with Crippen LogP contribution in [0.1, 0.15) is 44.9 Å². The van der Waals surface area contributed by atoms with Crippen LogP contribution in [0.2, 0.25) is 0 Å². The van der Waals surface area contributed by atoms with Crippen LogP contribution < -0.4 is 10.7 Å². The second kappa shape index (κ2) is 7.22. The van der Waals surface area contributed by atoms with Gasteiger partial charge in [0.05, 0.1) is 12.6 Å². The van der Waals surface area contributed by atoms with Crippen molar-refractivity contribution in [3.63, 3.8) is 0 Å². The Balaban J connectivity index is 1.60. The molecule has 2 aliphatic heterocycles. The zero-order valence-corrected chi connectivity index (χ0v) is 15.4. The molecule has 0 bridgehead atoms. The maximum atomic E-state index is 12.7. The number of amides is 5.